The average molecular weight is 287 g/mol. The number of hydrogen-bond acceptors (Lipinski definition) is 4. The molecule has 1 aromatic carbocycles. The predicted octanol–water partition coefficient (Wildman–Crippen LogP) is 1.21. The Morgan fingerprint density at radius 3 is 2.62 bits per heavy atom. The molecule has 0 aliphatic heterocycles. The molecule has 6 heteroatoms. The smallest absolute Gasteiger partial charge is 0.328 e. The van der Waals surface area contributed by atoms with Gasteiger partial charge in [0.05, 0.1) is 0 Å². The topological polar surface area (TPSA) is 98.3 Å². The van der Waals surface area contributed by atoms with E-state index in [2.05, 4.69) is 22.1 Å². The monoisotopic (exact) mass is 287 g/mol. The summed E-state index contributed by atoms with van der Waals surface area (Å²) in [7, 11) is 0. The molecular weight excluding hydrogens is 270 g/mol. The van der Waals surface area contributed by atoms with Gasteiger partial charge in [0.2, 0.25) is 5.88 Å². The predicted molar refractivity (Wildman–Crippen MR) is 81.2 cm³/mol. The third-order valence-electron chi connectivity index (χ3n) is 3.11. The molecule has 3 N–H and O–H groups in total. The van der Waals surface area contributed by atoms with Gasteiger partial charge in [-0.05, 0) is 25.3 Å². The van der Waals surface area contributed by atoms with Crippen LogP contribution in [0.15, 0.2) is 44.9 Å². The van der Waals surface area contributed by atoms with Crippen molar-refractivity contribution in [1.82, 2.24) is 9.97 Å². The van der Waals surface area contributed by atoms with Crippen molar-refractivity contribution >= 4 is 6.21 Å². The van der Waals surface area contributed by atoms with Gasteiger partial charge in [-0.1, -0.05) is 30.3 Å². The zero-order valence-electron chi connectivity index (χ0n) is 11.7. The molecule has 2 rings (SSSR count). The largest absolute Gasteiger partial charge is 0.494 e. The number of aryl methyl sites for hydroxylation is 1. The first-order chi connectivity index (χ1) is 10.1. The van der Waals surface area contributed by atoms with Crippen LogP contribution in [0, 0.1) is 0 Å². The Morgan fingerprint density at radius 1 is 1.24 bits per heavy atom. The first-order valence-electron chi connectivity index (χ1n) is 6.69. The lowest BCUT2D eigenvalue weighted by atomic mass is 10.1. The standard InChI is InChI=1S/C15H17N3O3/c1-10(7-8-11-5-3-2-4-6-11)16-9-12-13(19)17-15(21)18-14(12)20/h2-6,9-10H,7-8H2,1H3,(H3,17,18,19,20,21)/t10-/m0/s1. The molecule has 1 atom stereocenters. The van der Waals surface area contributed by atoms with Crippen LogP contribution in [0.2, 0.25) is 0 Å². The zero-order valence-corrected chi connectivity index (χ0v) is 11.7. The van der Waals surface area contributed by atoms with E-state index in [0.29, 0.717) is 0 Å². The molecule has 6 nitrogen and oxygen atoms in total. The van der Waals surface area contributed by atoms with Crippen molar-refractivity contribution in [2.75, 3.05) is 0 Å². The van der Waals surface area contributed by atoms with E-state index < -0.39 is 17.1 Å². The van der Waals surface area contributed by atoms with Crippen molar-refractivity contribution in [3.05, 3.63) is 62.3 Å². The third-order valence-corrected chi connectivity index (χ3v) is 3.11. The van der Waals surface area contributed by atoms with E-state index >= 15 is 0 Å². The lowest BCUT2D eigenvalue weighted by Crippen LogP contribution is -2.25. The lowest BCUT2D eigenvalue weighted by Gasteiger charge is -2.06. The summed E-state index contributed by atoms with van der Waals surface area (Å²) in [5.74, 6) is -0.470. The Balaban J connectivity index is 2.01. The van der Waals surface area contributed by atoms with E-state index in [1.807, 2.05) is 30.1 Å². The molecule has 0 radical (unpaired) electrons. The minimum atomic E-state index is -0.744. The molecule has 0 spiro atoms. The van der Waals surface area contributed by atoms with Crippen molar-refractivity contribution in [2.24, 2.45) is 4.99 Å². The summed E-state index contributed by atoms with van der Waals surface area (Å²) in [5, 5.41) is 9.53. The van der Waals surface area contributed by atoms with Crippen LogP contribution in [-0.4, -0.2) is 27.3 Å². The SMILES string of the molecule is C[C@@H](CCc1ccccc1)N=Cc1c(O)[nH]c(=O)[nH]c1=O. The van der Waals surface area contributed by atoms with E-state index in [0.717, 1.165) is 12.8 Å². The van der Waals surface area contributed by atoms with Crippen LogP contribution < -0.4 is 11.2 Å². The molecule has 1 heterocycles. The summed E-state index contributed by atoms with van der Waals surface area (Å²) in [6.07, 6.45) is 3.00. The van der Waals surface area contributed by atoms with Gasteiger partial charge in [-0.2, -0.15) is 0 Å². The van der Waals surface area contributed by atoms with Crippen molar-refractivity contribution < 1.29 is 5.11 Å². The van der Waals surface area contributed by atoms with Crippen molar-refractivity contribution in [2.45, 2.75) is 25.8 Å². The van der Waals surface area contributed by atoms with E-state index in [-0.39, 0.29) is 11.6 Å². The van der Waals surface area contributed by atoms with Gasteiger partial charge >= 0.3 is 5.69 Å². The highest BCUT2D eigenvalue weighted by Gasteiger charge is 2.06. The maximum absolute atomic E-state index is 11.5. The number of benzene rings is 1. The second kappa shape index (κ2) is 6.69. The number of H-pyrrole nitrogens is 2. The third kappa shape index (κ3) is 4.17. The van der Waals surface area contributed by atoms with Crippen LogP contribution in [-0.2, 0) is 6.42 Å². The molecule has 0 saturated heterocycles. The Labute approximate surface area is 121 Å². The molecule has 0 bridgehead atoms. The fourth-order valence-corrected chi connectivity index (χ4v) is 1.90. The molecule has 1 aromatic heterocycles. The number of nitrogens with zero attached hydrogens (tertiary/aromatic N) is 1. The Kier molecular flexibility index (Phi) is 4.71. The summed E-state index contributed by atoms with van der Waals surface area (Å²) in [5.41, 5.74) is -0.215. The number of aromatic amines is 2. The Morgan fingerprint density at radius 2 is 1.95 bits per heavy atom. The van der Waals surface area contributed by atoms with Crippen molar-refractivity contribution in [3.63, 3.8) is 0 Å². The van der Waals surface area contributed by atoms with E-state index in [9.17, 15) is 14.7 Å². The molecule has 21 heavy (non-hydrogen) atoms. The number of rotatable bonds is 5. The van der Waals surface area contributed by atoms with Crippen LogP contribution in [0.4, 0.5) is 0 Å². The van der Waals surface area contributed by atoms with Gasteiger partial charge in [0.15, 0.2) is 0 Å². The number of aromatic hydroxyl groups is 1. The Hall–Kier alpha value is -2.63. The highest BCUT2D eigenvalue weighted by molar-refractivity contribution is 5.81. The molecular formula is C15H17N3O3. The van der Waals surface area contributed by atoms with Gasteiger partial charge in [-0.15, -0.1) is 0 Å². The summed E-state index contributed by atoms with van der Waals surface area (Å²) in [4.78, 5) is 30.9. The van der Waals surface area contributed by atoms with Gasteiger partial charge in [0.25, 0.3) is 5.56 Å². The Bertz CT molecular complexity index is 732. The average Bonchev–Trinajstić information content (AvgIpc) is 2.45. The minimum absolute atomic E-state index is 0.00376. The van der Waals surface area contributed by atoms with Crippen molar-refractivity contribution in [3.8, 4) is 5.88 Å². The zero-order chi connectivity index (χ0) is 15.2. The molecule has 0 saturated carbocycles. The summed E-state index contributed by atoms with van der Waals surface area (Å²) < 4.78 is 0. The van der Waals surface area contributed by atoms with Crippen LogP contribution in [0.1, 0.15) is 24.5 Å². The van der Waals surface area contributed by atoms with Gasteiger partial charge in [0.1, 0.15) is 5.56 Å². The molecule has 0 aliphatic carbocycles. The van der Waals surface area contributed by atoms with Gasteiger partial charge in [-0.3, -0.25) is 19.8 Å². The highest BCUT2D eigenvalue weighted by Crippen LogP contribution is 2.08. The quantitative estimate of drug-likeness (QED) is 0.721. The van der Waals surface area contributed by atoms with Crippen LogP contribution in [0.3, 0.4) is 0 Å². The van der Waals surface area contributed by atoms with Crippen LogP contribution in [0.25, 0.3) is 0 Å². The van der Waals surface area contributed by atoms with Crippen LogP contribution in [0.5, 0.6) is 5.88 Å². The molecule has 0 aliphatic rings. The minimum Gasteiger partial charge on any atom is -0.494 e. The summed E-state index contributed by atoms with van der Waals surface area (Å²) >= 11 is 0. The summed E-state index contributed by atoms with van der Waals surface area (Å²) in [6, 6.07) is 10.0. The normalized spacial score (nSPS) is 12.6. The maximum Gasteiger partial charge on any atom is 0.328 e. The molecule has 0 amide bonds. The van der Waals surface area contributed by atoms with E-state index in [1.165, 1.54) is 11.8 Å². The molecule has 0 fully saturated rings. The molecule has 2 aromatic rings. The fraction of sp³-hybridized carbons (Fsp3) is 0.267. The second-order valence-corrected chi connectivity index (χ2v) is 4.82. The highest BCUT2D eigenvalue weighted by atomic mass is 16.3. The number of nitrogens with one attached hydrogen (secondary N) is 2. The van der Waals surface area contributed by atoms with Crippen molar-refractivity contribution in [1.29, 1.82) is 0 Å². The molecule has 110 valence electrons. The van der Waals surface area contributed by atoms with Gasteiger partial charge in [0, 0.05) is 12.3 Å². The first-order valence-corrected chi connectivity index (χ1v) is 6.69. The van der Waals surface area contributed by atoms with Gasteiger partial charge < -0.3 is 5.11 Å². The van der Waals surface area contributed by atoms with E-state index in [4.69, 9.17) is 0 Å². The number of aromatic nitrogens is 2. The molecule has 0 unspecified atom stereocenters. The summed E-state index contributed by atoms with van der Waals surface area (Å²) in [6.45, 7) is 1.93. The number of hydrogen-bond donors (Lipinski definition) is 3. The van der Waals surface area contributed by atoms with Gasteiger partial charge in [-0.25, -0.2) is 4.79 Å². The number of aliphatic imine (C=N–C) groups is 1. The van der Waals surface area contributed by atoms with E-state index in [1.54, 1.807) is 0 Å². The van der Waals surface area contributed by atoms with Crippen LogP contribution >= 0.6 is 0 Å². The maximum atomic E-state index is 11.5. The second-order valence-electron chi connectivity index (χ2n) is 4.82. The fourth-order valence-electron chi connectivity index (χ4n) is 1.90. The first kappa shape index (κ1) is 14.8. The lowest BCUT2D eigenvalue weighted by molar-refractivity contribution is 0.447.